The Morgan fingerprint density at radius 1 is 1.15 bits per heavy atom. The number of methoxy groups -OCH3 is 1. The summed E-state index contributed by atoms with van der Waals surface area (Å²) in [6, 6.07) is 9.03. The van der Waals surface area contributed by atoms with Crippen molar-refractivity contribution in [3.05, 3.63) is 59.2 Å². The van der Waals surface area contributed by atoms with Gasteiger partial charge in [-0.1, -0.05) is 17.7 Å². The van der Waals surface area contributed by atoms with E-state index in [1.54, 1.807) is 0 Å². The first-order valence-electron chi connectivity index (χ1n) is 7.44. The Balaban J connectivity index is 1.92. The van der Waals surface area contributed by atoms with Gasteiger partial charge in [-0.25, -0.2) is 4.21 Å². The predicted octanol–water partition coefficient (Wildman–Crippen LogP) is 4.86. The molecule has 0 aliphatic rings. The quantitative estimate of drug-likeness (QED) is 0.645. The van der Waals surface area contributed by atoms with Gasteiger partial charge < -0.3 is 8.92 Å². The first kappa shape index (κ1) is 19.2. The molecule has 0 radical (unpaired) electrons. The second kappa shape index (κ2) is 7.61. The number of alkyl halides is 3. The molecular formula is C17H12ClF3N2O3S. The van der Waals surface area contributed by atoms with Crippen LogP contribution >= 0.6 is 11.6 Å². The molecule has 0 saturated carbocycles. The van der Waals surface area contributed by atoms with Gasteiger partial charge >= 0.3 is 6.18 Å². The van der Waals surface area contributed by atoms with Gasteiger partial charge in [-0.15, -0.1) is 0 Å². The zero-order valence-electron chi connectivity index (χ0n) is 13.7. The summed E-state index contributed by atoms with van der Waals surface area (Å²) in [7, 11) is 1.43. The number of ether oxygens (including phenoxy) is 1. The molecule has 0 aliphatic heterocycles. The van der Waals surface area contributed by atoms with Crippen LogP contribution in [0.15, 0.2) is 53.6 Å². The highest BCUT2D eigenvalue weighted by molar-refractivity contribution is 7.80. The highest BCUT2D eigenvalue weighted by Crippen LogP contribution is 2.38. The number of H-pyrrole nitrogens is 1. The normalized spacial score (nSPS) is 12.6. The summed E-state index contributed by atoms with van der Waals surface area (Å²) in [5.41, 5.74) is -0.857. The molecule has 142 valence electrons. The lowest BCUT2D eigenvalue weighted by molar-refractivity contribution is -0.137. The zero-order chi connectivity index (χ0) is 19.6. The smallest absolute Gasteiger partial charge is 0.417 e. The molecule has 1 aromatic heterocycles. The number of nitrogens with zero attached hydrogens (tertiary/aromatic N) is 1. The molecule has 27 heavy (non-hydrogen) atoms. The third-order valence-corrected chi connectivity index (χ3v) is 4.85. The Bertz CT molecular complexity index is 978. The highest BCUT2D eigenvalue weighted by Gasteiger charge is 2.35. The number of halogens is 4. The topological polar surface area (TPSA) is 64.2 Å². The van der Waals surface area contributed by atoms with Crippen molar-refractivity contribution < 1.29 is 26.3 Å². The van der Waals surface area contributed by atoms with Gasteiger partial charge in [0.2, 0.25) is 11.1 Å². The number of rotatable bonds is 5. The van der Waals surface area contributed by atoms with E-state index < -0.39 is 22.8 Å². The summed E-state index contributed by atoms with van der Waals surface area (Å²) in [4.78, 5) is -0.141. The zero-order valence-corrected chi connectivity index (χ0v) is 15.3. The minimum atomic E-state index is -4.65. The molecule has 1 N–H and O–H groups in total. The molecule has 1 atom stereocenters. The van der Waals surface area contributed by atoms with Crippen molar-refractivity contribution in [2.75, 3.05) is 7.11 Å². The average molecular weight is 417 g/mol. The first-order chi connectivity index (χ1) is 12.8. The SMILES string of the molecule is COc1ccc(OS(=O)c2ccc(-c3ccn[nH]3)c(C(F)(F)F)c2)cc1Cl. The molecule has 10 heteroatoms. The summed E-state index contributed by atoms with van der Waals surface area (Å²) in [6.45, 7) is 0. The molecule has 0 spiro atoms. The van der Waals surface area contributed by atoms with Crippen molar-refractivity contribution in [2.24, 2.45) is 0 Å². The lowest BCUT2D eigenvalue weighted by atomic mass is 10.0. The second-order valence-electron chi connectivity index (χ2n) is 5.29. The second-order valence-corrected chi connectivity index (χ2v) is 6.80. The molecule has 2 aromatic carbocycles. The van der Waals surface area contributed by atoms with Gasteiger partial charge in [0.1, 0.15) is 11.5 Å². The number of hydrogen-bond acceptors (Lipinski definition) is 4. The fraction of sp³-hybridized carbons (Fsp3) is 0.118. The third-order valence-electron chi connectivity index (χ3n) is 3.57. The molecule has 0 fully saturated rings. The maximum Gasteiger partial charge on any atom is 0.417 e. The van der Waals surface area contributed by atoms with Gasteiger partial charge in [0.25, 0.3) is 0 Å². The van der Waals surface area contributed by atoms with Gasteiger partial charge in [-0.2, -0.15) is 18.3 Å². The molecule has 3 aromatic rings. The van der Waals surface area contributed by atoms with E-state index in [-0.39, 0.29) is 26.9 Å². The molecule has 0 amide bonds. The van der Waals surface area contributed by atoms with Crippen LogP contribution in [-0.2, 0) is 17.3 Å². The first-order valence-corrected chi connectivity index (χ1v) is 8.89. The summed E-state index contributed by atoms with van der Waals surface area (Å²) in [5.74, 6) is 0.517. The van der Waals surface area contributed by atoms with E-state index in [0.29, 0.717) is 5.75 Å². The predicted molar refractivity (Wildman–Crippen MR) is 94.1 cm³/mol. The molecule has 3 rings (SSSR count). The number of benzene rings is 2. The van der Waals surface area contributed by atoms with Gasteiger partial charge in [0.15, 0.2) is 0 Å². The molecule has 1 unspecified atom stereocenters. The van der Waals surface area contributed by atoms with Crippen molar-refractivity contribution >= 4 is 22.7 Å². The lowest BCUT2D eigenvalue weighted by Gasteiger charge is -2.14. The van der Waals surface area contributed by atoms with E-state index in [0.717, 1.165) is 6.07 Å². The van der Waals surface area contributed by atoms with E-state index in [1.807, 2.05) is 0 Å². The van der Waals surface area contributed by atoms with Crippen LogP contribution in [0.1, 0.15) is 5.56 Å². The van der Waals surface area contributed by atoms with Crippen molar-refractivity contribution in [3.8, 4) is 22.8 Å². The van der Waals surface area contributed by atoms with Gasteiger partial charge in [-0.3, -0.25) is 5.10 Å². The minimum Gasteiger partial charge on any atom is -0.495 e. The number of aromatic nitrogens is 2. The van der Waals surface area contributed by atoms with Gasteiger partial charge in [0.05, 0.1) is 28.3 Å². The fourth-order valence-electron chi connectivity index (χ4n) is 2.34. The third kappa shape index (κ3) is 4.25. The van der Waals surface area contributed by atoms with Gasteiger partial charge in [0, 0.05) is 17.8 Å². The minimum absolute atomic E-state index is 0.103. The maximum atomic E-state index is 13.4. The van der Waals surface area contributed by atoms with Crippen LogP contribution in [0.2, 0.25) is 5.02 Å². The standard InChI is InChI=1S/C17H12ClF3N2O3S/c1-25-16-5-2-10(8-14(16)18)26-27(24)11-3-4-12(15-6-7-22-23-15)13(9-11)17(19,20)21/h2-9H,1H3,(H,22,23). The van der Waals surface area contributed by atoms with E-state index in [2.05, 4.69) is 10.2 Å². The largest absolute Gasteiger partial charge is 0.495 e. The van der Waals surface area contributed by atoms with Crippen LogP contribution in [0, 0.1) is 0 Å². The lowest BCUT2D eigenvalue weighted by Crippen LogP contribution is -2.10. The Kier molecular flexibility index (Phi) is 5.43. The summed E-state index contributed by atoms with van der Waals surface area (Å²) < 4.78 is 62.9. The number of nitrogens with one attached hydrogen (secondary N) is 1. The molecule has 5 nitrogen and oxygen atoms in total. The summed E-state index contributed by atoms with van der Waals surface area (Å²) in [6.07, 6.45) is -3.30. The van der Waals surface area contributed by atoms with Crippen LogP contribution < -0.4 is 8.92 Å². The van der Waals surface area contributed by atoms with E-state index in [1.165, 1.54) is 49.7 Å². The molecule has 0 bridgehead atoms. The van der Waals surface area contributed by atoms with Crippen LogP contribution in [-0.4, -0.2) is 21.5 Å². The molecule has 0 aliphatic carbocycles. The van der Waals surface area contributed by atoms with E-state index in [9.17, 15) is 17.4 Å². The van der Waals surface area contributed by atoms with Crippen LogP contribution in [0.25, 0.3) is 11.3 Å². The maximum absolute atomic E-state index is 13.4. The Hall–Kier alpha value is -2.52. The van der Waals surface area contributed by atoms with E-state index >= 15 is 0 Å². The summed E-state index contributed by atoms with van der Waals surface area (Å²) >= 11 is 3.78. The average Bonchev–Trinajstić information content (AvgIpc) is 3.15. The molecule has 0 saturated heterocycles. The van der Waals surface area contributed by atoms with Crippen molar-refractivity contribution in [2.45, 2.75) is 11.1 Å². The van der Waals surface area contributed by atoms with Gasteiger partial charge in [-0.05, 0) is 30.3 Å². The van der Waals surface area contributed by atoms with Crippen molar-refractivity contribution in [1.29, 1.82) is 0 Å². The fourth-order valence-corrected chi connectivity index (χ4v) is 3.35. The highest BCUT2D eigenvalue weighted by atomic mass is 35.5. The van der Waals surface area contributed by atoms with Crippen LogP contribution in [0.5, 0.6) is 11.5 Å². The van der Waals surface area contributed by atoms with Crippen LogP contribution in [0.3, 0.4) is 0 Å². The summed E-state index contributed by atoms with van der Waals surface area (Å²) in [5, 5.41) is 6.37. The Labute approximate surface area is 159 Å². The number of aromatic amines is 1. The Morgan fingerprint density at radius 2 is 1.93 bits per heavy atom. The monoisotopic (exact) mass is 416 g/mol. The number of hydrogen-bond donors (Lipinski definition) is 1. The molecule has 1 heterocycles. The van der Waals surface area contributed by atoms with Crippen molar-refractivity contribution in [3.63, 3.8) is 0 Å². The Morgan fingerprint density at radius 3 is 2.52 bits per heavy atom. The van der Waals surface area contributed by atoms with E-state index in [4.69, 9.17) is 20.5 Å². The molecular weight excluding hydrogens is 405 g/mol. The van der Waals surface area contributed by atoms with Crippen molar-refractivity contribution in [1.82, 2.24) is 10.2 Å². The van der Waals surface area contributed by atoms with Crippen LogP contribution in [0.4, 0.5) is 13.2 Å².